The summed E-state index contributed by atoms with van der Waals surface area (Å²) in [5, 5.41) is 278. The highest BCUT2D eigenvalue weighted by molar-refractivity contribution is 5.74. The van der Waals surface area contributed by atoms with E-state index in [-0.39, 0.29) is 6.47 Å². The highest BCUT2D eigenvalue weighted by atomic mass is 16.9. The van der Waals surface area contributed by atoms with Crippen LogP contribution in [0.3, 0.4) is 0 Å². The van der Waals surface area contributed by atoms with Crippen LogP contribution in [0.15, 0.2) is 0 Å². The van der Waals surface area contributed by atoms with Gasteiger partial charge in [0.1, 0.15) is 201 Å². The lowest BCUT2D eigenvalue weighted by Gasteiger charge is -2.51. The number of rotatable bonds is 33. The van der Waals surface area contributed by atoms with Crippen LogP contribution >= 0.6 is 0 Å². The molecule has 9 aliphatic rings. The molecule has 51 heteroatoms. The summed E-state index contributed by atoms with van der Waals surface area (Å²) in [6, 6.07) is -6.85. The minimum atomic E-state index is -2.66. The van der Waals surface area contributed by atoms with Gasteiger partial charge in [-0.05, 0) is 6.92 Å². The number of nitrogens with one attached hydrogen (secondary N) is 4. The Morgan fingerprint density at radius 2 is 0.737 bits per heavy atom. The van der Waals surface area contributed by atoms with Gasteiger partial charge in [-0.2, -0.15) is 0 Å². The molecule has 0 aromatic heterocycles. The molecule has 0 aromatic rings. The first-order chi connectivity index (χ1) is 55.8. The molecular formula is C67H112N4O47. The zero-order chi connectivity index (χ0) is 87.1. The largest absolute Gasteiger partial charge is 0.410 e. The highest BCUT2D eigenvalue weighted by Gasteiger charge is 2.61. The van der Waals surface area contributed by atoms with E-state index in [2.05, 4.69) is 21.3 Å². The first kappa shape index (κ1) is 97.5. The third kappa shape index (κ3) is 21.8. The third-order valence-corrected chi connectivity index (χ3v) is 21.9. The Labute approximate surface area is 670 Å². The number of aliphatic hydroxyl groups excluding tert-OH is 24. The van der Waals surface area contributed by atoms with E-state index in [4.69, 9.17) is 85.3 Å². The maximum atomic E-state index is 13.2. The zero-order valence-electron chi connectivity index (χ0n) is 64.3. The summed E-state index contributed by atoms with van der Waals surface area (Å²) < 4.78 is 107. The summed E-state index contributed by atoms with van der Waals surface area (Å²) in [6.45, 7) is -3.02. The molecule has 46 atom stereocenters. The van der Waals surface area contributed by atoms with E-state index >= 15 is 0 Å². The lowest BCUT2D eigenvalue weighted by Crippen LogP contribution is -2.71. The summed E-state index contributed by atoms with van der Waals surface area (Å²) >= 11 is 0. The van der Waals surface area contributed by atoms with E-state index in [0.29, 0.717) is 0 Å². The number of hydrogen-bond donors (Lipinski definition) is 28. The van der Waals surface area contributed by atoms with Crippen molar-refractivity contribution in [3.05, 3.63) is 0 Å². The Morgan fingerprint density at radius 1 is 0.381 bits per heavy atom. The van der Waals surface area contributed by atoms with Crippen molar-refractivity contribution in [1.82, 2.24) is 21.3 Å². The Bertz CT molecular complexity index is 3180. The number of amides is 4. The second-order valence-corrected chi connectivity index (χ2v) is 30.1. The predicted octanol–water partition coefficient (Wildman–Crippen LogP) is -18.5. The smallest absolute Gasteiger partial charge is 0.332 e. The second-order valence-electron chi connectivity index (χ2n) is 30.1. The third-order valence-electron chi connectivity index (χ3n) is 21.9. The van der Waals surface area contributed by atoms with E-state index in [9.17, 15) is 147 Å². The zero-order valence-corrected chi connectivity index (χ0v) is 64.3. The van der Waals surface area contributed by atoms with Gasteiger partial charge in [0, 0.05) is 33.6 Å². The summed E-state index contributed by atoms with van der Waals surface area (Å²) in [5.74, 6) is -7.07. The van der Waals surface area contributed by atoms with Crippen molar-refractivity contribution in [3.63, 3.8) is 0 Å². The molecule has 9 heterocycles. The predicted molar refractivity (Wildman–Crippen MR) is 367 cm³/mol. The summed E-state index contributed by atoms with van der Waals surface area (Å²) in [4.78, 5) is 62.8. The van der Waals surface area contributed by atoms with Crippen LogP contribution in [-0.2, 0) is 109 Å². The number of carbonyl (C=O) groups excluding carboxylic acids is 5. The normalized spacial score (nSPS) is 47.5. The quantitative estimate of drug-likeness (QED) is 0.0214. The van der Waals surface area contributed by atoms with E-state index < -0.39 is 371 Å². The van der Waals surface area contributed by atoms with Crippen molar-refractivity contribution in [2.45, 2.75) is 324 Å². The maximum absolute atomic E-state index is 13.2. The first-order valence-corrected chi connectivity index (χ1v) is 37.9. The Balaban J connectivity index is 1.03. The van der Waals surface area contributed by atoms with Gasteiger partial charge in [-0.15, -0.1) is 0 Å². The fourth-order valence-electron chi connectivity index (χ4n) is 15.4. The van der Waals surface area contributed by atoms with Crippen LogP contribution in [0.1, 0.15) is 48.0 Å². The molecule has 0 saturated carbocycles. The summed E-state index contributed by atoms with van der Waals surface area (Å²) in [7, 11) is 0. The van der Waals surface area contributed by atoms with Crippen LogP contribution < -0.4 is 21.3 Å². The van der Waals surface area contributed by atoms with Crippen LogP contribution in [0, 0.1) is 5.92 Å². The van der Waals surface area contributed by atoms with Crippen LogP contribution in [0.25, 0.3) is 0 Å². The molecule has 4 amide bonds. The van der Waals surface area contributed by atoms with Gasteiger partial charge in [-0.1, -0.05) is 6.92 Å². The van der Waals surface area contributed by atoms with Crippen molar-refractivity contribution < 1.29 is 232 Å². The molecule has 0 aromatic carbocycles. The molecule has 682 valence electrons. The highest BCUT2D eigenvalue weighted by Crippen LogP contribution is 2.42. The van der Waals surface area contributed by atoms with Gasteiger partial charge in [0.15, 0.2) is 44.0 Å². The average molecular weight is 1730 g/mol. The molecule has 118 heavy (non-hydrogen) atoms. The summed E-state index contributed by atoms with van der Waals surface area (Å²) in [6.07, 6.45) is -82.2. The molecular weight excluding hydrogens is 1610 g/mol. The van der Waals surface area contributed by atoms with Crippen molar-refractivity contribution >= 4 is 30.1 Å². The van der Waals surface area contributed by atoms with E-state index in [1.165, 1.54) is 13.8 Å². The van der Waals surface area contributed by atoms with Gasteiger partial charge < -0.3 is 229 Å². The van der Waals surface area contributed by atoms with Crippen LogP contribution in [0.4, 0.5) is 0 Å². The van der Waals surface area contributed by atoms with Crippen LogP contribution in [-0.4, -0.2) is 488 Å². The van der Waals surface area contributed by atoms with Gasteiger partial charge >= 0.3 is 5.97 Å². The standard InChI is InChI=1S/C67H112N4O47/c1-18-24(84)7-67(103-17-79,118-53(18)38(86)25(85)8-72)102-16-33-42(90)48(96)51(99)63(111-33)113-55-30(13-77)109-62(37(47(55)95)71-23(6)83)117-59-50(98)41(89)28(11-75)107-66(59)115-57-43(91)32(15-101-65-58(49(97)40(88)27(10-74)106-65)116-60-35(69-21(4)81)44(92)39(87)26(9-73)105-60)110-64(52(57)100)114-56-31(14-78)108-61(36(46(56)94)70-22(5)82)112-54-29(12-76)104-19(2)34(45(54)93)68-20(3)80/h17-19,24-66,72-78,84-100H,7-16H2,1-6H3,(H,68,80)(H,69,81)(H,70,82)(H,71,83)/t18-,19+,24?,25-,26?,27?,28-,29?,30?,31?,32?,33?,34?,35?,36?,37?,38-,39-,40-,41-,42+,43-,44?,45-,46-,47-,48+,49+,50?,51?,52?,53?,54-,55-,56-,57+,58?,59?,60+,61+,62+,63+,64+,65+,66?,67+/m1/s1. The molecule has 28 N–H and O–H groups in total. The van der Waals surface area contributed by atoms with E-state index in [1.54, 1.807) is 0 Å². The van der Waals surface area contributed by atoms with E-state index in [1.807, 2.05) is 0 Å². The summed E-state index contributed by atoms with van der Waals surface area (Å²) in [5.41, 5.74) is 0. The Kier molecular flexibility index (Phi) is 35.2. The van der Waals surface area contributed by atoms with Gasteiger partial charge in [0.25, 0.3) is 6.47 Å². The minimum Gasteiger partial charge on any atom is -0.410 e. The van der Waals surface area contributed by atoms with Crippen molar-refractivity contribution in [2.75, 3.05) is 59.5 Å². The topological polar surface area (TPSA) is 785 Å². The number of aliphatic hydroxyl groups is 24. The maximum Gasteiger partial charge on any atom is 0.332 e. The number of hydrogen-bond acceptors (Lipinski definition) is 47. The average Bonchev–Trinajstić information content (AvgIpc) is 0.766. The molecule has 51 nitrogen and oxygen atoms in total. The van der Waals surface area contributed by atoms with Crippen molar-refractivity contribution in [1.29, 1.82) is 0 Å². The van der Waals surface area contributed by atoms with Gasteiger partial charge in [0.05, 0.1) is 90.2 Å². The minimum absolute atomic E-state index is 0.188. The van der Waals surface area contributed by atoms with Crippen LogP contribution in [0.5, 0.6) is 0 Å². The molecule has 0 radical (unpaired) electrons. The van der Waals surface area contributed by atoms with E-state index in [0.717, 1.165) is 27.7 Å². The lowest BCUT2D eigenvalue weighted by molar-refractivity contribution is -0.424. The van der Waals surface area contributed by atoms with Gasteiger partial charge in [-0.25, -0.2) is 0 Å². The number of carbonyl (C=O) groups is 5. The molecule has 9 aliphatic heterocycles. The Hall–Kier alpha value is -4.29. The molecule has 9 saturated heterocycles. The molecule has 9 rings (SSSR count). The molecule has 9 fully saturated rings. The fraction of sp³-hybridized carbons (Fsp3) is 0.925. The van der Waals surface area contributed by atoms with Crippen molar-refractivity contribution in [2.24, 2.45) is 5.92 Å². The fourth-order valence-corrected chi connectivity index (χ4v) is 15.4. The monoisotopic (exact) mass is 1720 g/mol. The van der Waals surface area contributed by atoms with Gasteiger partial charge in [-0.3, -0.25) is 24.0 Å². The first-order valence-electron chi connectivity index (χ1n) is 37.9. The lowest BCUT2D eigenvalue weighted by atomic mass is 9.87. The molecule has 20 unspecified atom stereocenters. The molecule has 0 bridgehead atoms. The molecule has 0 spiro atoms. The molecule has 0 aliphatic carbocycles. The van der Waals surface area contributed by atoms with Crippen molar-refractivity contribution in [3.8, 4) is 0 Å². The Morgan fingerprint density at radius 3 is 1.19 bits per heavy atom. The SMILES string of the molecule is CC(=O)NC1C(O)[C@H](O)C(CO)O[C@H]1OC1[C@@H](OCC2O[C@@H](O[C@@H]3C(CO)O[C@@H](O[C@@H]4C(CO)O[C@@H](C)C(NC(C)=O)[C@H]4O)C(NC(C)=O)[C@H]3O)C(O)[C@@H](OC3O[C@H](CO)[C@@H](O)C(O)C3O[C@@H]3OC(CO)[C@@H](O[C@@H]4OC(CO[C@]5(OC=O)CC(O)[C@@H](C)C([C@H](O)[C@H](O)CO)O5)[C@H](O)[C@H](O)C4O)[C@H](O)C3NC(C)=O)[C@@H]2O)OC(CO)[C@@H](O)[C@@H]1O. The second kappa shape index (κ2) is 42.6. The van der Waals surface area contributed by atoms with Crippen LogP contribution in [0.2, 0.25) is 0 Å². The number of ether oxygens (including phenoxy) is 18. The van der Waals surface area contributed by atoms with Gasteiger partial charge in [0.2, 0.25) is 23.6 Å².